The van der Waals surface area contributed by atoms with E-state index in [-0.39, 0.29) is 18.0 Å². The highest BCUT2D eigenvalue weighted by molar-refractivity contribution is 5.77. The fraction of sp³-hybridized carbons (Fsp3) is 0.400. The van der Waals surface area contributed by atoms with E-state index in [9.17, 15) is 4.79 Å². The zero-order chi connectivity index (χ0) is 19.5. The van der Waals surface area contributed by atoms with Gasteiger partial charge in [-0.05, 0) is 50.5 Å². The number of ether oxygens (including phenoxy) is 1. The summed E-state index contributed by atoms with van der Waals surface area (Å²) in [6.45, 7) is 1.96. The molecule has 3 aromatic rings. The van der Waals surface area contributed by atoms with Gasteiger partial charge in [0.2, 0.25) is 5.91 Å². The number of carbonyl (C=O) groups excluding carboxylic acids is 1. The predicted molar refractivity (Wildman–Crippen MR) is 103 cm³/mol. The van der Waals surface area contributed by atoms with E-state index >= 15 is 0 Å². The maximum atomic E-state index is 12.6. The lowest BCUT2D eigenvalue weighted by molar-refractivity contribution is -0.122. The summed E-state index contributed by atoms with van der Waals surface area (Å²) in [6.07, 6.45) is 8.24. The number of hydrogen-bond donors (Lipinski definition) is 1. The lowest BCUT2D eigenvalue weighted by Gasteiger charge is -2.25. The van der Waals surface area contributed by atoms with Gasteiger partial charge in [-0.25, -0.2) is 14.3 Å². The minimum atomic E-state index is -0.0346. The van der Waals surface area contributed by atoms with Crippen LogP contribution in [-0.2, 0) is 11.2 Å². The molecule has 4 rings (SSSR count). The molecular weight excluding hydrogens is 356 g/mol. The summed E-state index contributed by atoms with van der Waals surface area (Å²) in [4.78, 5) is 16.5. The minimum Gasteiger partial charge on any atom is -0.497 e. The molecule has 2 heterocycles. The van der Waals surface area contributed by atoms with Crippen LogP contribution in [0.25, 0.3) is 5.69 Å². The van der Waals surface area contributed by atoms with Crippen LogP contribution < -0.4 is 10.1 Å². The Hall–Kier alpha value is -3.16. The van der Waals surface area contributed by atoms with Gasteiger partial charge in [-0.15, -0.1) is 0 Å². The van der Waals surface area contributed by atoms with Gasteiger partial charge >= 0.3 is 0 Å². The highest BCUT2D eigenvalue weighted by Crippen LogP contribution is 2.31. The topological polar surface area (TPSA) is 86.9 Å². The smallest absolute Gasteiger partial charge is 0.222 e. The first-order chi connectivity index (χ1) is 13.7. The number of fused-ring (bicyclic) bond motifs is 1. The first-order valence-corrected chi connectivity index (χ1v) is 9.50. The molecule has 28 heavy (non-hydrogen) atoms. The number of methoxy groups -OCH3 is 1. The first-order valence-electron chi connectivity index (χ1n) is 9.50. The van der Waals surface area contributed by atoms with Crippen LogP contribution in [-0.4, -0.2) is 37.6 Å². The number of aromatic nitrogens is 5. The van der Waals surface area contributed by atoms with Gasteiger partial charge in [0, 0.05) is 17.7 Å². The second kappa shape index (κ2) is 7.84. The molecule has 1 aromatic carbocycles. The number of nitrogens with zero attached hydrogens (tertiary/aromatic N) is 5. The number of rotatable bonds is 6. The predicted octanol–water partition coefficient (Wildman–Crippen LogP) is 2.62. The lowest BCUT2D eigenvalue weighted by Crippen LogP contribution is -2.32. The first kappa shape index (κ1) is 18.2. The Morgan fingerprint density at radius 1 is 1.32 bits per heavy atom. The molecule has 1 aliphatic carbocycles. The molecule has 1 aliphatic rings. The number of benzene rings is 1. The molecule has 0 bridgehead atoms. The van der Waals surface area contributed by atoms with Crippen LogP contribution >= 0.6 is 0 Å². The van der Waals surface area contributed by atoms with Crippen molar-refractivity contribution in [1.29, 1.82) is 0 Å². The highest BCUT2D eigenvalue weighted by atomic mass is 16.5. The summed E-state index contributed by atoms with van der Waals surface area (Å²) < 4.78 is 8.90. The molecule has 0 fully saturated rings. The van der Waals surface area contributed by atoms with Gasteiger partial charge in [0.05, 0.1) is 31.1 Å². The second-order valence-electron chi connectivity index (χ2n) is 7.10. The van der Waals surface area contributed by atoms with Crippen molar-refractivity contribution in [3.05, 3.63) is 54.4 Å². The molecule has 0 radical (unpaired) electrons. The summed E-state index contributed by atoms with van der Waals surface area (Å²) >= 11 is 0. The summed E-state index contributed by atoms with van der Waals surface area (Å²) in [7, 11) is 1.65. The molecule has 8 heteroatoms. The van der Waals surface area contributed by atoms with Crippen LogP contribution in [0.4, 0.5) is 0 Å². The van der Waals surface area contributed by atoms with Gasteiger partial charge in [-0.3, -0.25) is 4.79 Å². The van der Waals surface area contributed by atoms with Crippen molar-refractivity contribution in [3.8, 4) is 11.4 Å². The second-order valence-corrected chi connectivity index (χ2v) is 7.10. The highest BCUT2D eigenvalue weighted by Gasteiger charge is 2.26. The number of nitrogens with one attached hydrogen (secondary N) is 1. The number of hydrogen-bond acceptors (Lipinski definition) is 5. The molecule has 0 spiro atoms. The van der Waals surface area contributed by atoms with Crippen molar-refractivity contribution < 1.29 is 9.53 Å². The van der Waals surface area contributed by atoms with Crippen LogP contribution in [0.1, 0.15) is 49.5 Å². The van der Waals surface area contributed by atoms with Crippen LogP contribution in [0.2, 0.25) is 0 Å². The third-order valence-electron chi connectivity index (χ3n) is 5.20. The Morgan fingerprint density at radius 2 is 2.14 bits per heavy atom. The van der Waals surface area contributed by atoms with Gasteiger partial charge in [0.1, 0.15) is 18.4 Å². The van der Waals surface area contributed by atoms with E-state index in [1.165, 1.54) is 6.33 Å². The molecule has 0 saturated carbocycles. The quantitative estimate of drug-likeness (QED) is 0.710. The molecule has 0 aliphatic heterocycles. The van der Waals surface area contributed by atoms with E-state index in [1.54, 1.807) is 18.1 Å². The third kappa shape index (κ3) is 3.62. The van der Waals surface area contributed by atoms with Crippen molar-refractivity contribution in [2.24, 2.45) is 0 Å². The fourth-order valence-corrected chi connectivity index (χ4v) is 3.71. The van der Waals surface area contributed by atoms with Gasteiger partial charge in [-0.1, -0.05) is 0 Å². The Kier molecular flexibility index (Phi) is 5.10. The third-order valence-corrected chi connectivity index (χ3v) is 5.20. The van der Waals surface area contributed by atoms with Crippen molar-refractivity contribution >= 4 is 5.91 Å². The van der Waals surface area contributed by atoms with Crippen LogP contribution in [0.5, 0.6) is 5.75 Å². The molecule has 2 aromatic heterocycles. The summed E-state index contributed by atoms with van der Waals surface area (Å²) in [5.74, 6) is 0.828. The molecule has 2 atom stereocenters. The van der Waals surface area contributed by atoms with Crippen LogP contribution in [0, 0.1) is 0 Å². The molecule has 8 nitrogen and oxygen atoms in total. The normalized spacial score (nSPS) is 17.0. The Balaban J connectivity index is 1.48. The zero-order valence-electron chi connectivity index (χ0n) is 16.1. The standard InChI is InChI=1S/C20H24N6O2/c1-14(25-13-21-12-23-25)10-20(27)24-18-4-3-5-19-17(18)11-22-26(19)15-6-8-16(28-2)9-7-15/h6-9,11-14,18H,3-5,10H2,1-2H3,(H,24,27)/t14-,18+/m1/s1. The van der Waals surface area contributed by atoms with Crippen molar-refractivity contribution in [2.75, 3.05) is 7.11 Å². The van der Waals surface area contributed by atoms with Crippen molar-refractivity contribution in [1.82, 2.24) is 29.9 Å². The van der Waals surface area contributed by atoms with Crippen LogP contribution in [0.15, 0.2) is 43.1 Å². The van der Waals surface area contributed by atoms with E-state index < -0.39 is 0 Å². The zero-order valence-corrected chi connectivity index (χ0v) is 16.1. The average molecular weight is 380 g/mol. The SMILES string of the molecule is COc1ccc(-n2ncc3c2CCC[C@@H]3NC(=O)C[C@@H](C)n2cncn2)cc1. The van der Waals surface area contributed by atoms with E-state index in [0.29, 0.717) is 6.42 Å². The Labute approximate surface area is 163 Å². The van der Waals surface area contributed by atoms with E-state index in [4.69, 9.17) is 4.74 Å². The van der Waals surface area contributed by atoms with E-state index in [2.05, 4.69) is 20.5 Å². The molecule has 1 amide bonds. The summed E-state index contributed by atoms with van der Waals surface area (Å²) in [5, 5.41) is 11.9. The molecule has 0 saturated heterocycles. The van der Waals surface area contributed by atoms with Gasteiger partial charge in [0.25, 0.3) is 0 Å². The molecule has 146 valence electrons. The van der Waals surface area contributed by atoms with Crippen molar-refractivity contribution in [3.63, 3.8) is 0 Å². The molecular formula is C20H24N6O2. The Bertz CT molecular complexity index is 932. The average Bonchev–Trinajstić information content (AvgIpc) is 3.38. The van der Waals surface area contributed by atoms with E-state index in [1.807, 2.05) is 42.1 Å². The Morgan fingerprint density at radius 3 is 2.86 bits per heavy atom. The summed E-state index contributed by atoms with van der Waals surface area (Å²) in [6, 6.07) is 7.80. The maximum Gasteiger partial charge on any atom is 0.222 e. The monoisotopic (exact) mass is 380 g/mol. The maximum absolute atomic E-state index is 12.6. The summed E-state index contributed by atoms with van der Waals surface area (Å²) in [5.41, 5.74) is 3.25. The lowest BCUT2D eigenvalue weighted by atomic mass is 9.92. The molecule has 1 N–H and O–H groups in total. The van der Waals surface area contributed by atoms with E-state index in [0.717, 1.165) is 42.0 Å². The van der Waals surface area contributed by atoms with Gasteiger partial charge in [0.15, 0.2) is 0 Å². The van der Waals surface area contributed by atoms with Crippen molar-refractivity contribution in [2.45, 2.75) is 44.7 Å². The van der Waals surface area contributed by atoms with Gasteiger partial charge in [-0.2, -0.15) is 10.2 Å². The molecule has 0 unspecified atom stereocenters. The van der Waals surface area contributed by atoms with Crippen LogP contribution in [0.3, 0.4) is 0 Å². The largest absolute Gasteiger partial charge is 0.497 e. The fourth-order valence-electron chi connectivity index (χ4n) is 3.71. The number of carbonyl (C=O) groups is 1. The number of amides is 1. The van der Waals surface area contributed by atoms with Gasteiger partial charge < -0.3 is 10.1 Å². The minimum absolute atomic E-state index is 0.00815.